The molecule has 0 aliphatic carbocycles. The van der Waals surface area contributed by atoms with E-state index in [1.54, 1.807) is 42.4 Å². The van der Waals surface area contributed by atoms with Gasteiger partial charge in [-0.05, 0) is 36.8 Å². The highest BCUT2D eigenvalue weighted by Crippen LogP contribution is 2.41. The number of carbonyl (C=O) groups is 1. The predicted octanol–water partition coefficient (Wildman–Crippen LogP) is 2.47. The number of rotatable bonds is 4. The number of nitrogen functional groups attached to an aromatic ring is 1. The van der Waals surface area contributed by atoms with Crippen molar-refractivity contribution >= 4 is 27.4 Å². The van der Waals surface area contributed by atoms with E-state index in [1.807, 2.05) is 35.8 Å². The highest BCUT2D eigenvalue weighted by Gasteiger charge is 2.48. The lowest BCUT2D eigenvalue weighted by Crippen LogP contribution is -2.41. The number of hydrogen-bond donors (Lipinski definition) is 1. The molecular weight excluding hydrogens is 388 g/mol. The number of carbonyl (C=O) groups excluding carboxylic acids is 1. The fourth-order valence-corrected chi connectivity index (χ4v) is 4.55. The standard InChI is InChI=1S/C21H22N4O3S/c1-21(12-14-7-9-17(10-8-14)29(3,27)28)19(26)24(2)20-23-13-18(25(20)21)15-5-4-6-16(22)11-15/h4-11,13H,12,22H2,1-3H3. The summed E-state index contributed by atoms with van der Waals surface area (Å²) in [6.45, 7) is 1.88. The van der Waals surface area contributed by atoms with Gasteiger partial charge in [-0.3, -0.25) is 14.3 Å². The predicted molar refractivity (Wildman–Crippen MR) is 112 cm³/mol. The molecule has 0 saturated carbocycles. The Hall–Kier alpha value is -3.13. The van der Waals surface area contributed by atoms with Gasteiger partial charge in [-0.25, -0.2) is 13.4 Å². The highest BCUT2D eigenvalue weighted by molar-refractivity contribution is 7.90. The lowest BCUT2D eigenvalue weighted by atomic mass is 9.91. The Kier molecular flexibility index (Phi) is 4.27. The quantitative estimate of drug-likeness (QED) is 0.666. The van der Waals surface area contributed by atoms with Crippen LogP contribution in [0.15, 0.2) is 59.6 Å². The minimum Gasteiger partial charge on any atom is -0.399 e. The van der Waals surface area contributed by atoms with Crippen LogP contribution in [0.1, 0.15) is 12.5 Å². The summed E-state index contributed by atoms with van der Waals surface area (Å²) >= 11 is 0. The highest BCUT2D eigenvalue weighted by atomic mass is 32.2. The molecule has 1 atom stereocenters. The number of nitrogens with two attached hydrogens (primary N) is 1. The average molecular weight is 410 g/mol. The molecule has 4 rings (SSSR count). The first-order chi connectivity index (χ1) is 13.6. The van der Waals surface area contributed by atoms with E-state index in [-0.39, 0.29) is 10.8 Å². The summed E-state index contributed by atoms with van der Waals surface area (Å²) in [5, 5.41) is 0. The van der Waals surface area contributed by atoms with Crippen LogP contribution in [-0.4, -0.2) is 37.2 Å². The van der Waals surface area contributed by atoms with Gasteiger partial charge in [0, 0.05) is 31.0 Å². The Balaban J connectivity index is 1.79. The average Bonchev–Trinajstić information content (AvgIpc) is 3.18. The zero-order valence-corrected chi connectivity index (χ0v) is 17.3. The zero-order chi connectivity index (χ0) is 21.0. The van der Waals surface area contributed by atoms with Gasteiger partial charge in [-0.1, -0.05) is 24.3 Å². The molecule has 1 unspecified atom stereocenters. The number of anilines is 2. The smallest absolute Gasteiger partial charge is 0.255 e. The number of sulfone groups is 1. The second-order valence-corrected chi connectivity index (χ2v) is 9.65. The van der Waals surface area contributed by atoms with Crippen LogP contribution in [0.5, 0.6) is 0 Å². The minimum atomic E-state index is -3.27. The number of benzene rings is 2. The van der Waals surface area contributed by atoms with Gasteiger partial charge in [0.2, 0.25) is 5.95 Å². The molecule has 2 N–H and O–H groups in total. The van der Waals surface area contributed by atoms with Crippen LogP contribution in [0.2, 0.25) is 0 Å². The van der Waals surface area contributed by atoms with Crippen molar-refractivity contribution in [3.8, 4) is 11.3 Å². The topological polar surface area (TPSA) is 98.3 Å². The number of hydrogen-bond acceptors (Lipinski definition) is 5. The molecule has 0 fully saturated rings. The van der Waals surface area contributed by atoms with E-state index in [9.17, 15) is 13.2 Å². The molecule has 1 aliphatic heterocycles. The summed E-state index contributed by atoms with van der Waals surface area (Å²) in [5.74, 6) is 0.501. The summed E-state index contributed by atoms with van der Waals surface area (Å²) < 4.78 is 25.4. The molecule has 0 spiro atoms. The lowest BCUT2D eigenvalue weighted by molar-refractivity contribution is -0.124. The molecule has 1 aromatic heterocycles. The van der Waals surface area contributed by atoms with E-state index in [1.165, 1.54) is 6.26 Å². The SMILES string of the molecule is CN1C(=O)C(C)(Cc2ccc(S(C)(=O)=O)cc2)n2c(-c3cccc(N)c3)cnc21. The van der Waals surface area contributed by atoms with Crippen molar-refractivity contribution in [2.45, 2.75) is 23.8 Å². The van der Waals surface area contributed by atoms with Gasteiger partial charge in [-0.2, -0.15) is 0 Å². The maximum atomic E-state index is 13.2. The van der Waals surface area contributed by atoms with E-state index in [4.69, 9.17) is 5.73 Å². The van der Waals surface area contributed by atoms with Crippen LogP contribution in [0.4, 0.5) is 11.6 Å². The van der Waals surface area contributed by atoms with Crippen molar-refractivity contribution in [2.24, 2.45) is 0 Å². The number of aromatic nitrogens is 2. The largest absolute Gasteiger partial charge is 0.399 e. The van der Waals surface area contributed by atoms with Gasteiger partial charge >= 0.3 is 0 Å². The number of amides is 1. The van der Waals surface area contributed by atoms with E-state index < -0.39 is 15.4 Å². The van der Waals surface area contributed by atoms with Crippen LogP contribution in [0.3, 0.4) is 0 Å². The number of imidazole rings is 1. The molecule has 2 heterocycles. The van der Waals surface area contributed by atoms with Gasteiger partial charge in [-0.15, -0.1) is 0 Å². The summed E-state index contributed by atoms with van der Waals surface area (Å²) in [5.41, 5.74) is 8.23. The third-order valence-electron chi connectivity index (χ3n) is 5.38. The molecule has 2 aromatic carbocycles. The number of likely N-dealkylation sites (N-methyl/N-ethyl adjacent to an activating group) is 1. The van der Waals surface area contributed by atoms with Crippen LogP contribution in [-0.2, 0) is 26.6 Å². The van der Waals surface area contributed by atoms with Crippen molar-refractivity contribution in [1.29, 1.82) is 0 Å². The van der Waals surface area contributed by atoms with Crippen LogP contribution < -0.4 is 10.6 Å². The summed E-state index contributed by atoms with van der Waals surface area (Å²) in [4.78, 5) is 19.4. The van der Waals surface area contributed by atoms with Crippen molar-refractivity contribution < 1.29 is 13.2 Å². The van der Waals surface area contributed by atoms with Gasteiger partial charge < -0.3 is 5.73 Å². The molecule has 8 heteroatoms. The molecule has 3 aromatic rings. The Bertz CT molecular complexity index is 1210. The fraction of sp³-hybridized carbons (Fsp3) is 0.238. The Morgan fingerprint density at radius 1 is 1.14 bits per heavy atom. The molecule has 0 bridgehead atoms. The molecule has 0 radical (unpaired) electrons. The van der Waals surface area contributed by atoms with Gasteiger partial charge in [0.05, 0.1) is 16.8 Å². The Labute approximate surface area is 169 Å². The molecule has 29 heavy (non-hydrogen) atoms. The maximum Gasteiger partial charge on any atom is 0.255 e. The van der Waals surface area contributed by atoms with Crippen LogP contribution in [0, 0.1) is 0 Å². The van der Waals surface area contributed by atoms with E-state index in [2.05, 4.69) is 4.98 Å². The fourth-order valence-electron chi connectivity index (χ4n) is 3.92. The van der Waals surface area contributed by atoms with Crippen LogP contribution >= 0.6 is 0 Å². The third kappa shape index (κ3) is 3.09. The minimum absolute atomic E-state index is 0.0713. The van der Waals surface area contributed by atoms with Crippen molar-refractivity contribution in [1.82, 2.24) is 9.55 Å². The zero-order valence-electron chi connectivity index (χ0n) is 16.5. The van der Waals surface area contributed by atoms with Crippen molar-refractivity contribution in [3.63, 3.8) is 0 Å². The molecule has 0 saturated heterocycles. The summed E-state index contributed by atoms with van der Waals surface area (Å²) in [6, 6.07) is 14.1. The first-order valence-electron chi connectivity index (χ1n) is 9.12. The second-order valence-electron chi connectivity index (χ2n) is 7.64. The van der Waals surface area contributed by atoms with Crippen molar-refractivity contribution in [2.75, 3.05) is 23.9 Å². The number of fused-ring (bicyclic) bond motifs is 1. The lowest BCUT2D eigenvalue weighted by Gasteiger charge is -2.26. The molecule has 7 nitrogen and oxygen atoms in total. The second kappa shape index (κ2) is 6.45. The monoisotopic (exact) mass is 410 g/mol. The van der Waals surface area contributed by atoms with Crippen LogP contribution in [0.25, 0.3) is 11.3 Å². The van der Waals surface area contributed by atoms with Gasteiger partial charge in [0.15, 0.2) is 9.84 Å². The Morgan fingerprint density at radius 2 is 1.83 bits per heavy atom. The van der Waals surface area contributed by atoms with Gasteiger partial charge in [0.1, 0.15) is 5.54 Å². The first-order valence-corrected chi connectivity index (χ1v) is 11.0. The molecular formula is C21H22N4O3S. The summed E-state index contributed by atoms with van der Waals surface area (Å²) in [6.07, 6.45) is 3.32. The number of nitrogens with zero attached hydrogens (tertiary/aromatic N) is 3. The third-order valence-corrected chi connectivity index (χ3v) is 6.51. The maximum absolute atomic E-state index is 13.2. The normalized spacial score (nSPS) is 18.9. The Morgan fingerprint density at radius 3 is 2.45 bits per heavy atom. The van der Waals surface area contributed by atoms with Crippen molar-refractivity contribution in [3.05, 3.63) is 60.3 Å². The van der Waals surface area contributed by atoms with E-state index in [0.29, 0.717) is 18.1 Å². The molecule has 150 valence electrons. The summed E-state index contributed by atoms with van der Waals surface area (Å²) in [7, 11) is -1.56. The first kappa shape index (κ1) is 19.2. The molecule has 1 amide bonds. The van der Waals surface area contributed by atoms with Gasteiger partial charge in [0.25, 0.3) is 5.91 Å². The van der Waals surface area contributed by atoms with E-state index in [0.717, 1.165) is 16.8 Å². The molecule has 1 aliphatic rings. The van der Waals surface area contributed by atoms with E-state index >= 15 is 0 Å².